The van der Waals surface area contributed by atoms with Crippen molar-refractivity contribution in [1.82, 2.24) is 10.3 Å². The van der Waals surface area contributed by atoms with Crippen molar-refractivity contribution in [2.24, 2.45) is 5.10 Å². The van der Waals surface area contributed by atoms with Crippen LogP contribution in [0, 0.1) is 5.82 Å². The van der Waals surface area contributed by atoms with Crippen LogP contribution in [0.1, 0.15) is 16.8 Å². The second kappa shape index (κ2) is 6.52. The summed E-state index contributed by atoms with van der Waals surface area (Å²) in [6.07, 6.45) is 2.88. The zero-order valence-corrected chi connectivity index (χ0v) is 13.3. The quantitative estimate of drug-likeness (QED) is 0.899. The molecule has 1 N–H and O–H groups in total. The summed E-state index contributed by atoms with van der Waals surface area (Å²) in [4.78, 5) is 15.7. The zero-order valence-electron chi connectivity index (χ0n) is 11.8. The molecule has 1 aromatic carbocycles. The third-order valence-corrected chi connectivity index (χ3v) is 4.02. The summed E-state index contributed by atoms with van der Waals surface area (Å²) in [6.45, 7) is 0.576. The molecule has 1 aliphatic heterocycles. The van der Waals surface area contributed by atoms with Crippen molar-refractivity contribution in [1.29, 1.82) is 0 Å². The number of hydrogen-bond acceptors (Lipinski definition) is 4. The van der Waals surface area contributed by atoms with Gasteiger partial charge in [0.25, 0.3) is 5.91 Å². The third-order valence-electron chi connectivity index (χ3n) is 3.28. The molecule has 0 saturated heterocycles. The Balaban J connectivity index is 1.74. The Hall–Kier alpha value is -2.18. The van der Waals surface area contributed by atoms with Gasteiger partial charge in [0, 0.05) is 19.2 Å². The van der Waals surface area contributed by atoms with Crippen molar-refractivity contribution in [3.63, 3.8) is 0 Å². The second-order valence-electron chi connectivity index (χ2n) is 4.83. The molecule has 1 aromatic heterocycles. The molecule has 0 saturated carbocycles. The third kappa shape index (κ3) is 3.43. The van der Waals surface area contributed by atoms with Crippen LogP contribution in [-0.4, -0.2) is 23.3 Å². The Bertz CT molecular complexity index is 797. The van der Waals surface area contributed by atoms with E-state index in [0.29, 0.717) is 28.8 Å². The monoisotopic (exact) mass is 352 g/mol. The molecule has 0 unspecified atom stereocenters. The molecule has 118 valence electrons. The molecular weight excluding hydrogens is 342 g/mol. The zero-order chi connectivity index (χ0) is 16.4. The summed E-state index contributed by atoms with van der Waals surface area (Å²) in [6, 6.07) is 6.47. The van der Waals surface area contributed by atoms with E-state index in [0.717, 1.165) is 11.9 Å². The molecule has 0 fully saturated rings. The number of amidine groups is 1. The first kappa shape index (κ1) is 15.7. The normalized spacial score (nSPS) is 13.9. The molecule has 1 amide bonds. The van der Waals surface area contributed by atoms with Crippen LogP contribution in [0.2, 0.25) is 10.0 Å². The van der Waals surface area contributed by atoms with Gasteiger partial charge in [0.1, 0.15) is 5.84 Å². The van der Waals surface area contributed by atoms with Gasteiger partial charge >= 0.3 is 0 Å². The Morgan fingerprint density at radius 2 is 2.09 bits per heavy atom. The first-order valence-electron chi connectivity index (χ1n) is 6.75. The van der Waals surface area contributed by atoms with Crippen molar-refractivity contribution in [3.05, 3.63) is 58.1 Å². The fourth-order valence-corrected chi connectivity index (χ4v) is 2.43. The molecule has 3 rings (SSSR count). The van der Waals surface area contributed by atoms with E-state index in [1.54, 1.807) is 23.2 Å². The van der Waals surface area contributed by atoms with Crippen LogP contribution in [0.15, 0.2) is 41.8 Å². The maximum atomic E-state index is 13.5. The van der Waals surface area contributed by atoms with Crippen LogP contribution in [0.25, 0.3) is 0 Å². The molecule has 2 aromatic rings. The molecule has 0 aliphatic carbocycles. The van der Waals surface area contributed by atoms with Gasteiger partial charge in [-0.2, -0.15) is 5.10 Å². The van der Waals surface area contributed by atoms with Gasteiger partial charge in [-0.15, -0.1) is 0 Å². The van der Waals surface area contributed by atoms with Crippen molar-refractivity contribution in [3.8, 4) is 0 Å². The van der Waals surface area contributed by atoms with Crippen molar-refractivity contribution < 1.29 is 9.18 Å². The van der Waals surface area contributed by atoms with E-state index in [2.05, 4.69) is 15.4 Å². The first-order chi connectivity index (χ1) is 11.0. The van der Waals surface area contributed by atoms with Crippen molar-refractivity contribution >= 4 is 40.6 Å². The lowest BCUT2D eigenvalue weighted by Gasteiger charge is -2.13. The van der Waals surface area contributed by atoms with E-state index in [1.165, 1.54) is 12.3 Å². The number of aromatic nitrogens is 1. The average Bonchev–Trinajstić information content (AvgIpc) is 2.99. The van der Waals surface area contributed by atoms with Crippen molar-refractivity contribution in [2.45, 2.75) is 6.42 Å². The molecule has 8 heteroatoms. The number of hydrogen-bond donors (Lipinski definition) is 1. The van der Waals surface area contributed by atoms with E-state index in [-0.39, 0.29) is 5.56 Å². The van der Waals surface area contributed by atoms with E-state index in [1.807, 2.05) is 0 Å². The molecule has 5 nitrogen and oxygen atoms in total. The highest BCUT2D eigenvalue weighted by Crippen LogP contribution is 2.28. The fraction of sp³-hybridized carbons (Fsp3) is 0.133. The number of pyridine rings is 1. The predicted octanol–water partition coefficient (Wildman–Crippen LogP) is 3.48. The smallest absolute Gasteiger partial charge is 0.259 e. The summed E-state index contributed by atoms with van der Waals surface area (Å²) in [5.41, 5.74) is 0.689. The average molecular weight is 353 g/mol. The standard InChI is InChI=1S/C15H11Cl2FN4O/c16-11-2-1-9(7-12(11)17)22-6-4-14(21-22)20-15(23)10-3-5-19-8-13(10)18/h1-3,5,7-8H,4,6H2,(H,20,21,23). The minimum atomic E-state index is -0.676. The lowest BCUT2D eigenvalue weighted by atomic mass is 10.2. The number of nitrogens with zero attached hydrogens (tertiary/aromatic N) is 3. The summed E-state index contributed by atoms with van der Waals surface area (Å²) < 4.78 is 13.5. The van der Waals surface area contributed by atoms with Crippen LogP contribution >= 0.6 is 23.2 Å². The lowest BCUT2D eigenvalue weighted by molar-refractivity contribution is 0.0972. The van der Waals surface area contributed by atoms with Gasteiger partial charge in [0.05, 0.1) is 27.5 Å². The highest BCUT2D eigenvalue weighted by Gasteiger charge is 2.20. The van der Waals surface area contributed by atoms with Crippen LogP contribution in [0.3, 0.4) is 0 Å². The van der Waals surface area contributed by atoms with Gasteiger partial charge in [-0.3, -0.25) is 14.8 Å². The molecule has 0 bridgehead atoms. The minimum absolute atomic E-state index is 0.0734. The van der Waals surface area contributed by atoms with Gasteiger partial charge < -0.3 is 5.32 Å². The topological polar surface area (TPSA) is 57.6 Å². The highest BCUT2D eigenvalue weighted by molar-refractivity contribution is 6.42. The van der Waals surface area contributed by atoms with E-state index < -0.39 is 11.7 Å². The maximum Gasteiger partial charge on any atom is 0.259 e. The number of nitrogens with one attached hydrogen (secondary N) is 1. The predicted molar refractivity (Wildman–Crippen MR) is 87.5 cm³/mol. The van der Waals surface area contributed by atoms with E-state index in [9.17, 15) is 9.18 Å². The van der Waals surface area contributed by atoms with E-state index >= 15 is 0 Å². The summed E-state index contributed by atoms with van der Waals surface area (Å²) in [5, 5.41) is 9.49. The van der Waals surface area contributed by atoms with E-state index in [4.69, 9.17) is 23.2 Å². The Morgan fingerprint density at radius 1 is 1.26 bits per heavy atom. The Kier molecular flexibility index (Phi) is 4.45. The van der Waals surface area contributed by atoms with Gasteiger partial charge in [-0.05, 0) is 24.3 Å². The molecule has 23 heavy (non-hydrogen) atoms. The number of amides is 1. The van der Waals surface area contributed by atoms with Crippen LogP contribution in [0.4, 0.5) is 10.1 Å². The fourth-order valence-electron chi connectivity index (χ4n) is 2.14. The summed E-state index contributed by atoms with van der Waals surface area (Å²) in [5.74, 6) is -0.776. The number of carbonyl (C=O) groups excluding carboxylic acids is 1. The summed E-state index contributed by atoms with van der Waals surface area (Å²) in [7, 11) is 0. The SMILES string of the molecule is O=C(NC1=NN(c2ccc(Cl)c(Cl)c2)CC1)c1ccncc1F. The maximum absolute atomic E-state index is 13.5. The van der Waals surface area contributed by atoms with Crippen LogP contribution < -0.4 is 10.3 Å². The number of rotatable bonds is 2. The first-order valence-corrected chi connectivity index (χ1v) is 7.51. The molecule has 2 heterocycles. The number of halogens is 3. The lowest BCUT2D eigenvalue weighted by Crippen LogP contribution is -2.30. The number of carbonyl (C=O) groups is 1. The van der Waals surface area contributed by atoms with Crippen LogP contribution in [0.5, 0.6) is 0 Å². The molecular formula is C15H11Cl2FN4O. The second-order valence-corrected chi connectivity index (χ2v) is 5.64. The number of anilines is 1. The highest BCUT2D eigenvalue weighted by atomic mass is 35.5. The molecule has 0 radical (unpaired) electrons. The van der Waals surface area contributed by atoms with Gasteiger partial charge in [-0.25, -0.2) is 4.39 Å². The minimum Gasteiger partial charge on any atom is -0.308 e. The van der Waals surface area contributed by atoms with Crippen LogP contribution in [-0.2, 0) is 0 Å². The molecule has 1 aliphatic rings. The van der Waals surface area contributed by atoms with Gasteiger partial charge in [0.2, 0.25) is 0 Å². The van der Waals surface area contributed by atoms with Gasteiger partial charge in [-0.1, -0.05) is 23.2 Å². The number of hydrazone groups is 1. The summed E-state index contributed by atoms with van der Waals surface area (Å²) >= 11 is 11.9. The molecule has 0 spiro atoms. The largest absolute Gasteiger partial charge is 0.308 e. The van der Waals surface area contributed by atoms with Gasteiger partial charge in [0.15, 0.2) is 5.82 Å². The Labute approximate surface area is 141 Å². The van der Waals surface area contributed by atoms with Crippen molar-refractivity contribution in [2.75, 3.05) is 11.6 Å². The Morgan fingerprint density at radius 3 is 2.83 bits per heavy atom. The molecule has 0 atom stereocenters. The number of benzene rings is 1.